The van der Waals surface area contributed by atoms with Crippen LogP contribution in [0, 0.1) is 0 Å². The van der Waals surface area contributed by atoms with Crippen molar-refractivity contribution < 1.29 is 66.8 Å². The minimum absolute atomic E-state index is 0.00957. The van der Waals surface area contributed by atoms with Crippen LogP contribution in [0.25, 0.3) is 0 Å². The molecule has 15 nitrogen and oxygen atoms in total. The quantitative estimate of drug-likeness (QED) is 0.0425. The van der Waals surface area contributed by atoms with Gasteiger partial charge in [0.05, 0.1) is 72.1 Å². The van der Waals surface area contributed by atoms with Gasteiger partial charge in [-0.15, -0.1) is 11.8 Å². The van der Waals surface area contributed by atoms with Crippen molar-refractivity contribution in [1.82, 2.24) is 5.32 Å². The molecule has 0 radical (unpaired) electrons. The minimum atomic E-state index is -2.44. The summed E-state index contributed by atoms with van der Waals surface area (Å²) in [4.78, 5) is 30.0. The number of thioether (sulfide) groups is 1. The molecule has 12 atom stereocenters. The molecule has 0 aromatic heterocycles. The van der Waals surface area contributed by atoms with E-state index in [9.17, 15) is 9.90 Å². The molecule has 9 rings (SSSR count). The summed E-state index contributed by atoms with van der Waals surface area (Å²) in [7, 11) is 2.77. The standard InChI is InChI=1S/C67H73NO14S/c1-47(69)68-57-60(58(75-40-49-27-13-5-14-28-49)55(70)45-74-39-48-25-11-4-12-26-48)82-67(66(71)73-3,64(83-54-37-23-10-24-38-54)61(57)77-42-51-31-17-7-18-32-51)80-46-56-59(76-41-50-29-15-6-16-30-50)62(78-43-52-33-19-8-20-34-52)63(65(72-2)81-56)79-44-53-35-21-9-22-36-53/h4-38,55-65,70H,39-46H2,1-3H3,(H,68,69)/t55-,56-,57+,58-,59+,60-,61-,62+,63-,64+,65+,67-/m1/s1. The molecule has 2 aliphatic heterocycles. The van der Waals surface area contributed by atoms with Crippen molar-refractivity contribution in [2.75, 3.05) is 27.4 Å². The average Bonchev–Trinajstić information content (AvgIpc) is 3.65. The second kappa shape index (κ2) is 31.3. The predicted octanol–water partition coefficient (Wildman–Crippen LogP) is 9.81. The Morgan fingerprint density at radius 2 is 0.976 bits per heavy atom. The molecule has 0 bridgehead atoms. The van der Waals surface area contributed by atoms with Crippen LogP contribution in [0.4, 0.5) is 0 Å². The van der Waals surface area contributed by atoms with E-state index in [-0.39, 0.29) is 46.2 Å². The van der Waals surface area contributed by atoms with Crippen molar-refractivity contribution in [1.29, 1.82) is 0 Å². The van der Waals surface area contributed by atoms with Gasteiger partial charge in [-0.25, -0.2) is 4.79 Å². The number of hydrogen-bond donors (Lipinski definition) is 2. The van der Waals surface area contributed by atoms with Crippen LogP contribution in [0.15, 0.2) is 217 Å². The monoisotopic (exact) mass is 1150 g/mol. The molecular weight excluding hydrogens is 1070 g/mol. The highest BCUT2D eigenvalue weighted by atomic mass is 32.2. The third-order valence-corrected chi connectivity index (χ3v) is 15.7. The van der Waals surface area contributed by atoms with Crippen LogP contribution in [0.2, 0.25) is 0 Å². The van der Waals surface area contributed by atoms with Crippen LogP contribution in [0.1, 0.15) is 40.3 Å². The fourth-order valence-electron chi connectivity index (χ4n) is 10.3. The first-order chi connectivity index (χ1) is 40.7. The number of benzene rings is 7. The normalized spacial score (nSPS) is 24.1. The van der Waals surface area contributed by atoms with Crippen molar-refractivity contribution in [3.05, 3.63) is 246 Å². The van der Waals surface area contributed by atoms with E-state index in [1.54, 1.807) is 0 Å². The van der Waals surface area contributed by atoms with Gasteiger partial charge < -0.3 is 62.5 Å². The van der Waals surface area contributed by atoms with E-state index in [4.69, 9.17) is 52.1 Å². The van der Waals surface area contributed by atoms with Crippen molar-refractivity contribution >= 4 is 23.6 Å². The summed E-state index contributed by atoms with van der Waals surface area (Å²) < 4.78 is 74.3. The highest BCUT2D eigenvalue weighted by Crippen LogP contribution is 2.46. The summed E-state index contributed by atoms with van der Waals surface area (Å²) in [6.45, 7) is 1.43. The van der Waals surface area contributed by atoms with Crippen LogP contribution >= 0.6 is 11.8 Å². The Morgan fingerprint density at radius 3 is 1.43 bits per heavy atom. The molecule has 0 unspecified atom stereocenters. The molecule has 0 spiro atoms. The van der Waals surface area contributed by atoms with E-state index in [1.165, 1.54) is 32.9 Å². The molecule has 83 heavy (non-hydrogen) atoms. The molecule has 2 fully saturated rings. The van der Waals surface area contributed by atoms with Crippen LogP contribution < -0.4 is 5.32 Å². The summed E-state index contributed by atoms with van der Waals surface area (Å²) in [5, 5.41) is 14.5. The van der Waals surface area contributed by atoms with Crippen molar-refractivity contribution in [3.8, 4) is 0 Å². The molecule has 7 aromatic carbocycles. The van der Waals surface area contributed by atoms with E-state index in [2.05, 4.69) is 5.32 Å². The van der Waals surface area contributed by atoms with Gasteiger partial charge in [0.2, 0.25) is 5.91 Å². The second-order valence-electron chi connectivity index (χ2n) is 20.3. The number of rotatable bonds is 29. The first-order valence-corrected chi connectivity index (χ1v) is 28.7. The lowest BCUT2D eigenvalue weighted by Crippen LogP contribution is -2.74. The fraction of sp³-hybridized carbons (Fsp3) is 0.343. The Bertz CT molecular complexity index is 2980. The third-order valence-electron chi connectivity index (χ3n) is 14.4. The Morgan fingerprint density at radius 1 is 0.554 bits per heavy atom. The number of nitrogens with one attached hydrogen (secondary N) is 1. The Hall–Kier alpha value is -6.61. The number of methoxy groups -OCH3 is 2. The van der Waals surface area contributed by atoms with Gasteiger partial charge >= 0.3 is 5.97 Å². The molecule has 7 aromatic rings. The highest BCUT2D eigenvalue weighted by molar-refractivity contribution is 8.00. The van der Waals surface area contributed by atoms with E-state index >= 15 is 4.79 Å². The number of aliphatic hydroxyl groups is 1. The lowest BCUT2D eigenvalue weighted by molar-refractivity contribution is -0.348. The number of carbonyl (C=O) groups is 2. The molecule has 0 aliphatic carbocycles. The van der Waals surface area contributed by atoms with Gasteiger partial charge in [0.1, 0.15) is 48.0 Å². The van der Waals surface area contributed by atoms with Gasteiger partial charge in [0.25, 0.3) is 5.79 Å². The third kappa shape index (κ3) is 16.8. The molecule has 2 aliphatic rings. The van der Waals surface area contributed by atoms with Gasteiger partial charge in [0.15, 0.2) is 6.29 Å². The lowest BCUT2D eigenvalue weighted by atomic mass is 9.87. The zero-order chi connectivity index (χ0) is 57.6. The molecule has 0 saturated carbocycles. The predicted molar refractivity (Wildman–Crippen MR) is 312 cm³/mol. The van der Waals surface area contributed by atoms with E-state index in [0.29, 0.717) is 4.90 Å². The maximum Gasteiger partial charge on any atom is 0.367 e. The number of carbonyl (C=O) groups excluding carboxylic acids is 2. The summed E-state index contributed by atoms with van der Waals surface area (Å²) >= 11 is 1.25. The highest BCUT2D eigenvalue weighted by Gasteiger charge is 2.65. The van der Waals surface area contributed by atoms with Gasteiger partial charge in [-0.05, 0) is 45.5 Å². The number of amides is 1. The summed E-state index contributed by atoms with van der Waals surface area (Å²) in [6, 6.07) is 66.1. The SMILES string of the molecule is COC(=O)[C@]1(OC[C@H]2O[C@H](OC)[C@H](OCc3ccccc3)[C@@H](OCc3ccccc3)[C@H]2OCc2ccccc2)O[C@@H]([C@H](OCc2ccccc2)[C@H](O)COCc2ccccc2)[C@H](NC(C)=O)[C@@H](OCc2ccccc2)[C@@H]1Sc1ccccc1. The lowest BCUT2D eigenvalue weighted by Gasteiger charge is -2.53. The molecule has 1 amide bonds. The van der Waals surface area contributed by atoms with Crippen LogP contribution in [0.3, 0.4) is 0 Å². The first-order valence-electron chi connectivity index (χ1n) is 27.9. The number of ether oxygens (including phenoxy) is 11. The van der Waals surface area contributed by atoms with Gasteiger partial charge in [-0.2, -0.15) is 0 Å². The molecule has 436 valence electrons. The Kier molecular flexibility index (Phi) is 23.0. The first kappa shape index (κ1) is 61.0. The maximum atomic E-state index is 15.6. The number of esters is 1. The van der Waals surface area contributed by atoms with Crippen LogP contribution in [-0.4, -0.2) is 117 Å². The van der Waals surface area contributed by atoms with Crippen LogP contribution in [-0.2, 0) is 101 Å². The number of hydrogen-bond acceptors (Lipinski definition) is 15. The Labute approximate surface area is 490 Å². The maximum absolute atomic E-state index is 15.6. The van der Waals surface area contributed by atoms with E-state index in [0.717, 1.165) is 33.4 Å². The second-order valence-corrected chi connectivity index (χ2v) is 21.5. The minimum Gasteiger partial charge on any atom is -0.465 e. The average molecular weight is 1150 g/mol. The van der Waals surface area contributed by atoms with E-state index in [1.807, 2.05) is 212 Å². The molecule has 2 saturated heterocycles. The number of aliphatic hydroxyl groups excluding tert-OH is 1. The van der Waals surface area contributed by atoms with Crippen LogP contribution in [0.5, 0.6) is 0 Å². The largest absolute Gasteiger partial charge is 0.465 e. The zero-order valence-electron chi connectivity index (χ0n) is 46.9. The van der Waals surface area contributed by atoms with Crippen molar-refractivity contribution in [2.24, 2.45) is 0 Å². The fourth-order valence-corrected chi connectivity index (χ4v) is 11.6. The molecule has 16 heteroatoms. The van der Waals surface area contributed by atoms with Crippen molar-refractivity contribution in [2.45, 2.75) is 124 Å². The summed E-state index contributed by atoms with van der Waals surface area (Å²) in [5.41, 5.74) is 5.18. The van der Waals surface area contributed by atoms with Gasteiger partial charge in [-0.3, -0.25) is 4.79 Å². The smallest absolute Gasteiger partial charge is 0.367 e. The summed E-state index contributed by atoms with van der Waals surface area (Å²) in [6.07, 6.45) is -10.1. The zero-order valence-corrected chi connectivity index (χ0v) is 47.7. The Balaban J connectivity index is 1.16. The topological polar surface area (TPSA) is 168 Å². The van der Waals surface area contributed by atoms with E-state index < -0.39 is 90.7 Å². The molecule has 2 N–H and O–H groups in total. The van der Waals surface area contributed by atoms with Crippen molar-refractivity contribution in [3.63, 3.8) is 0 Å². The summed E-state index contributed by atoms with van der Waals surface area (Å²) in [5.74, 6) is -3.82. The van der Waals surface area contributed by atoms with Gasteiger partial charge in [0, 0.05) is 18.9 Å². The van der Waals surface area contributed by atoms with Gasteiger partial charge in [-0.1, -0.05) is 200 Å². The molecule has 2 heterocycles. The molecular formula is C67H73NO14S.